The van der Waals surface area contributed by atoms with Crippen molar-refractivity contribution in [2.45, 2.75) is 71.3 Å². The third kappa shape index (κ3) is 2.09. The first-order valence-electron chi connectivity index (χ1n) is 7.10. The van der Waals surface area contributed by atoms with Gasteiger partial charge in [-0.2, -0.15) is 0 Å². The van der Waals surface area contributed by atoms with Crippen LogP contribution in [0.2, 0.25) is 0 Å². The molecule has 0 saturated heterocycles. The van der Waals surface area contributed by atoms with E-state index >= 15 is 0 Å². The van der Waals surface area contributed by atoms with Gasteiger partial charge in [-0.05, 0) is 45.9 Å². The van der Waals surface area contributed by atoms with E-state index in [1.807, 2.05) is 0 Å². The molecule has 100 valence electrons. The molecule has 1 aliphatic rings. The molecule has 0 radical (unpaired) electrons. The second-order valence-corrected chi connectivity index (χ2v) is 6.99. The van der Waals surface area contributed by atoms with Gasteiger partial charge in [-0.3, -0.25) is 0 Å². The summed E-state index contributed by atoms with van der Waals surface area (Å²) >= 11 is 0. The summed E-state index contributed by atoms with van der Waals surface area (Å²) in [5.41, 5.74) is 5.46. The van der Waals surface area contributed by atoms with Crippen LogP contribution >= 0.6 is 0 Å². The summed E-state index contributed by atoms with van der Waals surface area (Å²) < 4.78 is 0. The maximum absolute atomic E-state index is 10.3. The molecule has 1 unspecified atom stereocenters. The summed E-state index contributed by atoms with van der Waals surface area (Å²) in [6.07, 6.45) is 0.565. The van der Waals surface area contributed by atoms with E-state index in [-0.39, 0.29) is 11.5 Å². The molecule has 0 saturated carbocycles. The summed E-state index contributed by atoms with van der Waals surface area (Å²) in [5, 5.41) is 10.3. The Morgan fingerprint density at radius 3 is 2.22 bits per heavy atom. The Bertz CT molecular complexity index is 455. The molecule has 1 nitrogen and oxygen atoms in total. The molecule has 1 heteroatoms. The molecule has 0 fully saturated rings. The number of rotatable bonds is 2. The van der Waals surface area contributed by atoms with Crippen molar-refractivity contribution in [3.63, 3.8) is 0 Å². The molecule has 1 aromatic rings. The highest BCUT2D eigenvalue weighted by atomic mass is 16.3. The van der Waals surface area contributed by atoms with E-state index in [1.54, 1.807) is 0 Å². The van der Waals surface area contributed by atoms with Crippen LogP contribution in [0.25, 0.3) is 0 Å². The third-order valence-electron chi connectivity index (χ3n) is 4.25. The van der Waals surface area contributed by atoms with Gasteiger partial charge in [0.05, 0.1) is 6.10 Å². The van der Waals surface area contributed by atoms with Gasteiger partial charge >= 0.3 is 0 Å². The van der Waals surface area contributed by atoms with Crippen LogP contribution < -0.4 is 0 Å². The quantitative estimate of drug-likeness (QED) is 0.805. The van der Waals surface area contributed by atoms with Crippen LogP contribution in [0.1, 0.15) is 88.2 Å². The van der Waals surface area contributed by atoms with Crippen molar-refractivity contribution in [1.29, 1.82) is 0 Å². The lowest BCUT2D eigenvalue weighted by Crippen LogP contribution is -2.16. The molecule has 1 N–H and O–H groups in total. The van der Waals surface area contributed by atoms with Gasteiger partial charge in [-0.1, -0.05) is 53.7 Å². The molecule has 0 bridgehead atoms. The summed E-state index contributed by atoms with van der Waals surface area (Å²) in [4.78, 5) is 0. The lowest BCUT2D eigenvalue weighted by atomic mass is 9.79. The van der Waals surface area contributed by atoms with Crippen molar-refractivity contribution in [2.75, 3.05) is 0 Å². The molecule has 0 aromatic heterocycles. The first-order chi connectivity index (χ1) is 8.24. The highest BCUT2D eigenvalue weighted by Gasteiger charge is 2.38. The van der Waals surface area contributed by atoms with Crippen LogP contribution in [0.15, 0.2) is 12.1 Å². The van der Waals surface area contributed by atoms with Crippen LogP contribution in [0.4, 0.5) is 0 Å². The highest BCUT2D eigenvalue weighted by molar-refractivity contribution is 5.50. The topological polar surface area (TPSA) is 20.2 Å². The fraction of sp³-hybridized carbons (Fsp3) is 0.647. The molecular weight excluding hydrogens is 220 g/mol. The first kappa shape index (κ1) is 13.6. The summed E-state index contributed by atoms with van der Waals surface area (Å²) in [6.45, 7) is 13.4. The SMILES string of the molecule is CC(C)c1cc(C(C)C)c2c(c1)C(O)CC2(C)C. The van der Waals surface area contributed by atoms with Crippen LogP contribution in [0.5, 0.6) is 0 Å². The zero-order valence-electron chi connectivity index (χ0n) is 12.5. The van der Waals surface area contributed by atoms with Gasteiger partial charge in [0.1, 0.15) is 0 Å². The second kappa shape index (κ2) is 4.38. The molecule has 1 atom stereocenters. The Balaban J connectivity index is 2.69. The zero-order chi connectivity index (χ0) is 13.7. The summed E-state index contributed by atoms with van der Waals surface area (Å²) in [6, 6.07) is 4.58. The number of fused-ring (bicyclic) bond motifs is 1. The number of hydrogen-bond acceptors (Lipinski definition) is 1. The lowest BCUT2D eigenvalue weighted by molar-refractivity contribution is 0.161. The van der Waals surface area contributed by atoms with E-state index in [2.05, 4.69) is 53.7 Å². The zero-order valence-corrected chi connectivity index (χ0v) is 12.5. The lowest BCUT2D eigenvalue weighted by Gasteiger charge is -2.25. The van der Waals surface area contributed by atoms with E-state index in [1.165, 1.54) is 22.3 Å². The second-order valence-electron chi connectivity index (χ2n) is 6.99. The normalized spacial score (nSPS) is 21.7. The number of hydrogen-bond donors (Lipinski definition) is 1. The Hall–Kier alpha value is -0.820. The molecule has 2 rings (SSSR count). The van der Waals surface area contributed by atoms with E-state index < -0.39 is 0 Å². The minimum absolute atomic E-state index is 0.101. The van der Waals surface area contributed by atoms with Gasteiger partial charge in [0.2, 0.25) is 0 Å². The molecule has 0 amide bonds. The standard InChI is InChI=1S/C17H26O/c1-10(2)12-7-13(11(3)4)16-14(8-12)15(18)9-17(16,5)6/h7-8,10-11,15,18H,9H2,1-6H3. The summed E-state index contributed by atoms with van der Waals surface area (Å²) in [7, 11) is 0. The first-order valence-corrected chi connectivity index (χ1v) is 7.10. The van der Waals surface area contributed by atoms with E-state index in [9.17, 15) is 5.11 Å². The number of benzene rings is 1. The van der Waals surface area contributed by atoms with Gasteiger partial charge in [-0.25, -0.2) is 0 Å². The fourth-order valence-corrected chi connectivity index (χ4v) is 3.24. The average Bonchev–Trinajstić information content (AvgIpc) is 2.48. The van der Waals surface area contributed by atoms with E-state index in [0.717, 1.165) is 6.42 Å². The van der Waals surface area contributed by atoms with Gasteiger partial charge in [-0.15, -0.1) is 0 Å². The highest BCUT2D eigenvalue weighted by Crippen LogP contribution is 2.48. The van der Waals surface area contributed by atoms with Crippen LogP contribution in [-0.4, -0.2) is 5.11 Å². The Labute approximate surface area is 111 Å². The van der Waals surface area contributed by atoms with Gasteiger partial charge in [0.25, 0.3) is 0 Å². The molecular formula is C17H26O. The van der Waals surface area contributed by atoms with E-state index in [4.69, 9.17) is 0 Å². The third-order valence-corrected chi connectivity index (χ3v) is 4.25. The number of aliphatic hydroxyl groups is 1. The predicted octanol–water partition coefficient (Wildman–Crippen LogP) is 4.65. The molecule has 0 spiro atoms. The molecule has 1 aliphatic carbocycles. The largest absolute Gasteiger partial charge is 0.388 e. The molecule has 1 aromatic carbocycles. The van der Waals surface area contributed by atoms with Crippen LogP contribution in [0.3, 0.4) is 0 Å². The maximum Gasteiger partial charge on any atom is 0.0801 e. The van der Waals surface area contributed by atoms with Crippen LogP contribution in [-0.2, 0) is 5.41 Å². The average molecular weight is 246 g/mol. The van der Waals surface area contributed by atoms with Gasteiger partial charge < -0.3 is 5.11 Å². The van der Waals surface area contributed by atoms with Crippen molar-refractivity contribution in [1.82, 2.24) is 0 Å². The molecule has 0 aliphatic heterocycles. The van der Waals surface area contributed by atoms with E-state index in [0.29, 0.717) is 11.8 Å². The minimum atomic E-state index is -0.286. The Morgan fingerprint density at radius 2 is 1.72 bits per heavy atom. The maximum atomic E-state index is 10.3. The van der Waals surface area contributed by atoms with Crippen LogP contribution in [0, 0.1) is 0 Å². The monoisotopic (exact) mass is 246 g/mol. The van der Waals surface area contributed by atoms with Crippen molar-refractivity contribution < 1.29 is 5.11 Å². The minimum Gasteiger partial charge on any atom is -0.388 e. The fourth-order valence-electron chi connectivity index (χ4n) is 3.24. The molecule has 18 heavy (non-hydrogen) atoms. The Morgan fingerprint density at radius 1 is 1.11 bits per heavy atom. The van der Waals surface area contributed by atoms with Crippen molar-refractivity contribution >= 4 is 0 Å². The van der Waals surface area contributed by atoms with Crippen molar-refractivity contribution in [2.24, 2.45) is 0 Å². The smallest absolute Gasteiger partial charge is 0.0801 e. The van der Waals surface area contributed by atoms with Crippen molar-refractivity contribution in [3.8, 4) is 0 Å². The van der Waals surface area contributed by atoms with Crippen molar-refractivity contribution in [3.05, 3.63) is 34.4 Å². The van der Waals surface area contributed by atoms with Gasteiger partial charge in [0, 0.05) is 0 Å². The predicted molar refractivity (Wildman–Crippen MR) is 77.2 cm³/mol. The van der Waals surface area contributed by atoms with Gasteiger partial charge in [0.15, 0.2) is 0 Å². The summed E-state index contributed by atoms with van der Waals surface area (Å²) in [5.74, 6) is 1.03. The molecule has 0 heterocycles. The number of aliphatic hydroxyl groups excluding tert-OH is 1. The Kier molecular flexibility index (Phi) is 3.31.